The zero-order chi connectivity index (χ0) is 16.9. The second kappa shape index (κ2) is 7.70. The lowest BCUT2D eigenvalue weighted by atomic mass is 9.81. The molecule has 0 aliphatic heterocycles. The average molecular weight is 311 g/mol. The van der Waals surface area contributed by atoms with E-state index in [0.717, 1.165) is 12.5 Å². The molecule has 1 N–H and O–H groups in total. The number of hydrogen-bond acceptors (Lipinski definition) is 1. The highest BCUT2D eigenvalue weighted by molar-refractivity contribution is 5.78. The van der Waals surface area contributed by atoms with Crippen molar-refractivity contribution < 1.29 is 13.6 Å². The van der Waals surface area contributed by atoms with Crippen molar-refractivity contribution in [2.75, 3.05) is 0 Å². The molecule has 22 heavy (non-hydrogen) atoms. The number of rotatable bonds is 6. The minimum absolute atomic E-state index is 0.0156. The van der Waals surface area contributed by atoms with Gasteiger partial charge in [-0.25, -0.2) is 8.78 Å². The van der Waals surface area contributed by atoms with Gasteiger partial charge in [0.25, 0.3) is 0 Å². The van der Waals surface area contributed by atoms with Crippen LogP contribution in [0.3, 0.4) is 0 Å². The topological polar surface area (TPSA) is 29.1 Å². The summed E-state index contributed by atoms with van der Waals surface area (Å²) in [5, 5.41) is 2.94. The van der Waals surface area contributed by atoms with Crippen LogP contribution in [-0.2, 0) is 11.2 Å². The van der Waals surface area contributed by atoms with Crippen molar-refractivity contribution in [1.82, 2.24) is 5.32 Å². The molecule has 0 aliphatic carbocycles. The molecule has 1 unspecified atom stereocenters. The number of carbonyl (C=O) groups is 1. The molecule has 0 radical (unpaired) electrons. The maximum absolute atomic E-state index is 13.2. The molecule has 1 amide bonds. The van der Waals surface area contributed by atoms with Crippen LogP contribution in [0.25, 0.3) is 0 Å². The van der Waals surface area contributed by atoms with E-state index >= 15 is 0 Å². The molecule has 1 rings (SSSR count). The van der Waals surface area contributed by atoms with E-state index in [2.05, 4.69) is 26.1 Å². The summed E-state index contributed by atoms with van der Waals surface area (Å²) < 4.78 is 26.5. The lowest BCUT2D eigenvalue weighted by molar-refractivity contribution is -0.126. The number of carbonyl (C=O) groups excluding carboxylic acids is 1. The Morgan fingerprint density at radius 3 is 2.14 bits per heavy atom. The number of halogens is 2. The van der Waals surface area contributed by atoms with E-state index in [0.29, 0.717) is 18.4 Å². The second-order valence-corrected chi connectivity index (χ2v) is 7.44. The summed E-state index contributed by atoms with van der Waals surface area (Å²) in [6, 6.07) is 3.61. The molecule has 1 aromatic carbocycles. The summed E-state index contributed by atoms with van der Waals surface area (Å²) in [6.07, 6.45) is 1.81. The summed E-state index contributed by atoms with van der Waals surface area (Å²) in [4.78, 5) is 12.3. The van der Waals surface area contributed by atoms with Crippen LogP contribution in [0.15, 0.2) is 18.2 Å². The minimum atomic E-state index is -0.575. The predicted molar refractivity (Wildman–Crippen MR) is 85.5 cm³/mol. The van der Waals surface area contributed by atoms with Crippen LogP contribution in [0.5, 0.6) is 0 Å². The Labute approximate surface area is 132 Å². The summed E-state index contributed by atoms with van der Waals surface area (Å²) in [5.74, 6) is -1.29. The quantitative estimate of drug-likeness (QED) is 0.825. The molecule has 0 aliphatic rings. The zero-order valence-electron chi connectivity index (χ0n) is 14.2. The fourth-order valence-corrected chi connectivity index (χ4v) is 2.56. The van der Waals surface area contributed by atoms with Crippen LogP contribution >= 0.6 is 0 Å². The van der Waals surface area contributed by atoms with Crippen LogP contribution < -0.4 is 5.32 Å². The molecule has 2 nitrogen and oxygen atoms in total. The van der Waals surface area contributed by atoms with Crippen molar-refractivity contribution in [3.05, 3.63) is 35.4 Å². The standard InChI is InChI=1S/C18H27F2NO/c1-12(2)21-17(22)14(11-18(3,4)5)7-6-13-8-15(19)10-16(20)9-13/h8-10,12,14H,6-7,11H2,1-5H3,(H,21,22). The second-order valence-electron chi connectivity index (χ2n) is 7.44. The third kappa shape index (κ3) is 7.01. The average Bonchev–Trinajstić information content (AvgIpc) is 2.30. The number of benzene rings is 1. The van der Waals surface area contributed by atoms with Gasteiger partial charge in [-0.15, -0.1) is 0 Å². The zero-order valence-corrected chi connectivity index (χ0v) is 14.2. The first kappa shape index (κ1) is 18.6. The number of hydrogen-bond donors (Lipinski definition) is 1. The van der Waals surface area contributed by atoms with E-state index < -0.39 is 11.6 Å². The van der Waals surface area contributed by atoms with E-state index in [1.54, 1.807) is 0 Å². The Morgan fingerprint density at radius 2 is 1.68 bits per heavy atom. The van der Waals surface area contributed by atoms with Gasteiger partial charge in [-0.3, -0.25) is 4.79 Å². The van der Waals surface area contributed by atoms with Crippen LogP contribution in [-0.4, -0.2) is 11.9 Å². The number of amides is 1. The lowest BCUT2D eigenvalue weighted by Gasteiger charge is -2.26. The number of aryl methyl sites for hydroxylation is 1. The van der Waals surface area contributed by atoms with Crippen molar-refractivity contribution in [2.24, 2.45) is 11.3 Å². The van der Waals surface area contributed by atoms with Gasteiger partial charge in [-0.1, -0.05) is 20.8 Å². The smallest absolute Gasteiger partial charge is 0.223 e. The number of nitrogens with one attached hydrogen (secondary N) is 1. The molecule has 0 saturated heterocycles. The Balaban J connectivity index is 2.77. The fraction of sp³-hybridized carbons (Fsp3) is 0.611. The normalized spacial score (nSPS) is 13.3. The molecule has 0 bridgehead atoms. The first-order valence-corrected chi connectivity index (χ1v) is 7.82. The van der Waals surface area contributed by atoms with E-state index in [1.807, 2.05) is 13.8 Å². The van der Waals surface area contributed by atoms with Crippen molar-refractivity contribution >= 4 is 5.91 Å². The van der Waals surface area contributed by atoms with E-state index in [4.69, 9.17) is 0 Å². The monoisotopic (exact) mass is 311 g/mol. The van der Waals surface area contributed by atoms with Crippen LogP contribution in [0, 0.1) is 23.0 Å². The molecule has 0 spiro atoms. The molecular weight excluding hydrogens is 284 g/mol. The first-order valence-electron chi connectivity index (χ1n) is 7.82. The predicted octanol–water partition coefficient (Wildman–Crippen LogP) is 4.47. The van der Waals surface area contributed by atoms with Crippen LogP contribution in [0.1, 0.15) is 53.0 Å². The largest absolute Gasteiger partial charge is 0.354 e. The van der Waals surface area contributed by atoms with Gasteiger partial charge in [-0.2, -0.15) is 0 Å². The minimum Gasteiger partial charge on any atom is -0.354 e. The van der Waals surface area contributed by atoms with Crippen LogP contribution in [0.4, 0.5) is 8.78 Å². The highest BCUT2D eigenvalue weighted by atomic mass is 19.1. The Bertz CT molecular complexity index is 486. The molecule has 124 valence electrons. The van der Waals surface area contributed by atoms with Crippen LogP contribution in [0.2, 0.25) is 0 Å². The summed E-state index contributed by atoms with van der Waals surface area (Å²) in [6.45, 7) is 10.1. The maximum atomic E-state index is 13.2. The van der Waals surface area contributed by atoms with Crippen molar-refractivity contribution in [3.8, 4) is 0 Å². The van der Waals surface area contributed by atoms with Gasteiger partial charge in [0, 0.05) is 18.0 Å². The van der Waals surface area contributed by atoms with Crippen molar-refractivity contribution in [3.63, 3.8) is 0 Å². The lowest BCUT2D eigenvalue weighted by Crippen LogP contribution is -2.37. The highest BCUT2D eigenvalue weighted by Crippen LogP contribution is 2.28. The van der Waals surface area contributed by atoms with Gasteiger partial charge in [0.15, 0.2) is 0 Å². The van der Waals surface area contributed by atoms with Gasteiger partial charge in [0.05, 0.1) is 0 Å². The van der Waals surface area contributed by atoms with E-state index in [9.17, 15) is 13.6 Å². The van der Waals surface area contributed by atoms with Gasteiger partial charge < -0.3 is 5.32 Å². The van der Waals surface area contributed by atoms with Gasteiger partial charge in [-0.05, 0) is 56.2 Å². The van der Waals surface area contributed by atoms with Crippen molar-refractivity contribution in [2.45, 2.75) is 59.9 Å². The third-order valence-corrected chi connectivity index (χ3v) is 3.36. The van der Waals surface area contributed by atoms with E-state index in [-0.39, 0.29) is 23.3 Å². The molecule has 0 fully saturated rings. The summed E-state index contributed by atoms with van der Waals surface area (Å²) in [5.41, 5.74) is 0.611. The molecule has 0 saturated carbocycles. The molecule has 0 heterocycles. The Morgan fingerprint density at radius 1 is 1.14 bits per heavy atom. The molecular formula is C18H27F2NO. The fourth-order valence-electron chi connectivity index (χ4n) is 2.56. The Kier molecular flexibility index (Phi) is 6.51. The molecule has 1 aromatic rings. The molecule has 1 atom stereocenters. The summed E-state index contributed by atoms with van der Waals surface area (Å²) >= 11 is 0. The molecule has 0 aromatic heterocycles. The third-order valence-electron chi connectivity index (χ3n) is 3.36. The van der Waals surface area contributed by atoms with Gasteiger partial charge in [0.2, 0.25) is 5.91 Å². The van der Waals surface area contributed by atoms with E-state index in [1.165, 1.54) is 12.1 Å². The molecule has 4 heteroatoms. The van der Waals surface area contributed by atoms with Gasteiger partial charge in [0.1, 0.15) is 11.6 Å². The Hall–Kier alpha value is -1.45. The highest BCUT2D eigenvalue weighted by Gasteiger charge is 2.25. The van der Waals surface area contributed by atoms with Crippen molar-refractivity contribution in [1.29, 1.82) is 0 Å². The first-order chi connectivity index (χ1) is 10.1. The van der Waals surface area contributed by atoms with Gasteiger partial charge >= 0.3 is 0 Å². The maximum Gasteiger partial charge on any atom is 0.223 e. The summed E-state index contributed by atoms with van der Waals surface area (Å²) in [7, 11) is 0. The SMILES string of the molecule is CC(C)NC(=O)C(CCc1cc(F)cc(F)c1)CC(C)(C)C.